The maximum Gasteiger partial charge on any atom is 0.248 e. The summed E-state index contributed by atoms with van der Waals surface area (Å²) in [5.41, 5.74) is 4.45. The third-order valence-electron chi connectivity index (χ3n) is 5.55. The molecule has 0 saturated heterocycles. The lowest BCUT2D eigenvalue weighted by atomic mass is 9.94. The number of fused-ring (bicyclic) bond motifs is 3. The van der Waals surface area contributed by atoms with Crippen LogP contribution in [0.25, 0.3) is 16.5 Å². The second-order valence-electron chi connectivity index (χ2n) is 7.65. The molecule has 0 aliphatic heterocycles. The molecule has 4 rings (SSSR count). The van der Waals surface area contributed by atoms with Crippen molar-refractivity contribution in [2.75, 3.05) is 19.0 Å². The Kier molecular flexibility index (Phi) is 6.23. The number of hydrogen-bond donors (Lipinski definition) is 1. The molecule has 0 radical (unpaired) electrons. The summed E-state index contributed by atoms with van der Waals surface area (Å²) < 4.78 is 17.1. The highest BCUT2D eigenvalue weighted by atomic mass is 35.5. The molecular weight excluding hydrogens is 414 g/mol. The van der Waals surface area contributed by atoms with Gasteiger partial charge in [0.2, 0.25) is 5.91 Å². The third kappa shape index (κ3) is 4.42. The van der Waals surface area contributed by atoms with E-state index in [1.807, 2.05) is 19.9 Å². The molecule has 31 heavy (non-hydrogen) atoms. The first-order valence-corrected chi connectivity index (χ1v) is 10.9. The van der Waals surface area contributed by atoms with Gasteiger partial charge < -0.3 is 19.2 Å². The molecule has 1 amide bonds. The van der Waals surface area contributed by atoms with Gasteiger partial charge in [0, 0.05) is 40.8 Å². The Morgan fingerprint density at radius 3 is 2.74 bits per heavy atom. The molecule has 1 aromatic heterocycles. The standard InChI is InChI=1S/C25H26ClNO4/c1-4-30-23-14-24-19(17-7-5-6-8-21(17)31-24)13-18(23)15(2)11-25(28)27-16-9-10-22(29-3)20(26)12-16/h9-14H,4-8H2,1-3H3,(H,27,28)/b15-11+. The van der Waals surface area contributed by atoms with Gasteiger partial charge in [-0.3, -0.25) is 4.79 Å². The Hall–Kier alpha value is -2.92. The van der Waals surface area contributed by atoms with E-state index in [9.17, 15) is 4.79 Å². The molecule has 162 valence electrons. The summed E-state index contributed by atoms with van der Waals surface area (Å²) in [6, 6.07) is 9.18. The molecule has 0 unspecified atom stereocenters. The Labute approximate surface area is 187 Å². The van der Waals surface area contributed by atoms with Crippen molar-refractivity contribution in [2.45, 2.75) is 39.5 Å². The summed E-state index contributed by atoms with van der Waals surface area (Å²) in [5, 5.41) is 4.41. The largest absolute Gasteiger partial charge is 0.495 e. The van der Waals surface area contributed by atoms with Crippen molar-refractivity contribution in [3.63, 3.8) is 0 Å². The number of anilines is 1. The van der Waals surface area contributed by atoms with Crippen molar-refractivity contribution >= 4 is 39.7 Å². The van der Waals surface area contributed by atoms with Gasteiger partial charge in [0.15, 0.2) is 0 Å². The molecule has 2 aromatic carbocycles. The maximum absolute atomic E-state index is 12.7. The number of benzene rings is 2. The first kappa shape index (κ1) is 21.3. The normalized spacial score (nSPS) is 13.7. The number of furan rings is 1. The number of rotatable bonds is 6. The van der Waals surface area contributed by atoms with E-state index in [0.29, 0.717) is 23.1 Å². The number of carbonyl (C=O) groups excluding carboxylic acids is 1. The van der Waals surface area contributed by atoms with Crippen LogP contribution in [0.2, 0.25) is 5.02 Å². The number of aryl methyl sites for hydroxylation is 2. The lowest BCUT2D eigenvalue weighted by Gasteiger charge is -2.12. The van der Waals surface area contributed by atoms with Gasteiger partial charge in [-0.25, -0.2) is 0 Å². The molecular formula is C25H26ClNO4. The number of methoxy groups -OCH3 is 1. The summed E-state index contributed by atoms with van der Waals surface area (Å²) in [5.74, 6) is 2.12. The molecule has 3 aromatic rings. The topological polar surface area (TPSA) is 60.7 Å². The van der Waals surface area contributed by atoms with Gasteiger partial charge in [-0.2, -0.15) is 0 Å². The maximum atomic E-state index is 12.7. The van der Waals surface area contributed by atoms with Gasteiger partial charge in [-0.05, 0) is 62.9 Å². The van der Waals surface area contributed by atoms with Crippen LogP contribution in [0.5, 0.6) is 11.5 Å². The summed E-state index contributed by atoms with van der Waals surface area (Å²) in [6.07, 6.45) is 5.91. The van der Waals surface area contributed by atoms with Gasteiger partial charge >= 0.3 is 0 Å². The zero-order chi connectivity index (χ0) is 22.0. The summed E-state index contributed by atoms with van der Waals surface area (Å²) >= 11 is 6.16. The molecule has 1 aliphatic carbocycles. The molecule has 0 atom stereocenters. The fourth-order valence-corrected chi connectivity index (χ4v) is 4.33. The first-order chi connectivity index (χ1) is 15.0. The highest BCUT2D eigenvalue weighted by Crippen LogP contribution is 2.38. The molecule has 0 bridgehead atoms. The zero-order valence-corrected chi connectivity index (χ0v) is 18.8. The molecule has 6 heteroatoms. The van der Waals surface area contributed by atoms with E-state index in [1.165, 1.54) is 12.0 Å². The molecule has 1 N–H and O–H groups in total. The lowest BCUT2D eigenvalue weighted by Crippen LogP contribution is -2.09. The third-order valence-corrected chi connectivity index (χ3v) is 5.84. The van der Waals surface area contributed by atoms with E-state index < -0.39 is 0 Å². The molecule has 0 fully saturated rings. The molecule has 1 heterocycles. The van der Waals surface area contributed by atoms with Gasteiger partial charge in [-0.1, -0.05) is 11.6 Å². The summed E-state index contributed by atoms with van der Waals surface area (Å²) in [4.78, 5) is 12.7. The predicted molar refractivity (Wildman–Crippen MR) is 124 cm³/mol. The van der Waals surface area contributed by atoms with Crippen LogP contribution in [0.1, 0.15) is 43.6 Å². The number of nitrogens with one attached hydrogen (secondary N) is 1. The Morgan fingerprint density at radius 2 is 2.00 bits per heavy atom. The lowest BCUT2D eigenvalue weighted by molar-refractivity contribution is -0.111. The number of allylic oxidation sites excluding steroid dienone is 1. The smallest absolute Gasteiger partial charge is 0.248 e. The fourth-order valence-electron chi connectivity index (χ4n) is 4.07. The van der Waals surface area contributed by atoms with E-state index in [0.717, 1.165) is 52.9 Å². The van der Waals surface area contributed by atoms with Crippen molar-refractivity contribution in [3.05, 3.63) is 58.3 Å². The van der Waals surface area contributed by atoms with Gasteiger partial charge in [-0.15, -0.1) is 0 Å². The van der Waals surface area contributed by atoms with Gasteiger partial charge in [0.05, 0.1) is 18.7 Å². The van der Waals surface area contributed by atoms with E-state index in [-0.39, 0.29) is 5.91 Å². The van der Waals surface area contributed by atoms with E-state index in [1.54, 1.807) is 31.4 Å². The van der Waals surface area contributed by atoms with Crippen molar-refractivity contribution in [1.82, 2.24) is 0 Å². The van der Waals surface area contributed by atoms with E-state index in [4.69, 9.17) is 25.5 Å². The highest BCUT2D eigenvalue weighted by molar-refractivity contribution is 6.32. The number of halogens is 1. The molecule has 0 spiro atoms. The highest BCUT2D eigenvalue weighted by Gasteiger charge is 2.20. The van der Waals surface area contributed by atoms with Crippen molar-refractivity contribution in [2.24, 2.45) is 0 Å². The Balaban J connectivity index is 1.65. The second-order valence-corrected chi connectivity index (χ2v) is 8.06. The fraction of sp³-hybridized carbons (Fsp3) is 0.320. The average Bonchev–Trinajstić information content (AvgIpc) is 3.11. The van der Waals surface area contributed by atoms with Gasteiger partial charge in [0.1, 0.15) is 22.8 Å². The number of amides is 1. The number of carbonyl (C=O) groups is 1. The number of hydrogen-bond acceptors (Lipinski definition) is 4. The summed E-state index contributed by atoms with van der Waals surface area (Å²) in [7, 11) is 1.55. The van der Waals surface area contributed by atoms with Crippen LogP contribution in [0.4, 0.5) is 5.69 Å². The predicted octanol–water partition coefficient (Wildman–Crippen LogP) is 6.41. The van der Waals surface area contributed by atoms with Crippen LogP contribution in [-0.2, 0) is 17.6 Å². The monoisotopic (exact) mass is 439 g/mol. The Bertz CT molecular complexity index is 1160. The van der Waals surface area contributed by atoms with Crippen LogP contribution < -0.4 is 14.8 Å². The minimum absolute atomic E-state index is 0.240. The first-order valence-electron chi connectivity index (χ1n) is 10.5. The van der Waals surface area contributed by atoms with E-state index in [2.05, 4.69) is 11.4 Å². The van der Waals surface area contributed by atoms with Crippen molar-refractivity contribution < 1.29 is 18.7 Å². The minimum atomic E-state index is -0.240. The summed E-state index contributed by atoms with van der Waals surface area (Å²) in [6.45, 7) is 4.39. The quantitative estimate of drug-likeness (QED) is 0.450. The van der Waals surface area contributed by atoms with Crippen LogP contribution >= 0.6 is 11.6 Å². The van der Waals surface area contributed by atoms with Crippen LogP contribution in [-0.4, -0.2) is 19.6 Å². The molecule has 5 nitrogen and oxygen atoms in total. The average molecular weight is 440 g/mol. The zero-order valence-electron chi connectivity index (χ0n) is 18.0. The molecule has 1 aliphatic rings. The van der Waals surface area contributed by atoms with Crippen molar-refractivity contribution in [3.8, 4) is 11.5 Å². The minimum Gasteiger partial charge on any atom is -0.495 e. The van der Waals surface area contributed by atoms with Crippen LogP contribution in [0.3, 0.4) is 0 Å². The van der Waals surface area contributed by atoms with Crippen LogP contribution in [0, 0.1) is 0 Å². The number of ether oxygens (including phenoxy) is 2. The Morgan fingerprint density at radius 1 is 1.19 bits per heavy atom. The molecule has 0 saturated carbocycles. The van der Waals surface area contributed by atoms with E-state index >= 15 is 0 Å². The second kappa shape index (κ2) is 9.06. The van der Waals surface area contributed by atoms with Crippen molar-refractivity contribution in [1.29, 1.82) is 0 Å². The SMILES string of the molecule is CCOc1cc2oc3c(c2cc1/C(C)=C/C(=O)Nc1ccc(OC)c(Cl)c1)CCCC3. The van der Waals surface area contributed by atoms with Gasteiger partial charge in [0.25, 0.3) is 0 Å². The van der Waals surface area contributed by atoms with Crippen LogP contribution in [0.15, 0.2) is 40.8 Å².